The maximum Gasteiger partial charge on any atom is 0.337 e. The Bertz CT molecular complexity index is 521. The first kappa shape index (κ1) is 19.6. The number of cyclic esters (lactones) is 1. The summed E-state index contributed by atoms with van der Waals surface area (Å²) in [5, 5.41) is 0. The summed E-state index contributed by atoms with van der Waals surface area (Å²) in [6, 6.07) is -0.886. The molecule has 0 spiro atoms. The van der Waals surface area contributed by atoms with E-state index in [-0.39, 0.29) is 18.8 Å². The third-order valence-corrected chi connectivity index (χ3v) is 4.39. The summed E-state index contributed by atoms with van der Waals surface area (Å²) in [6.45, 7) is 10.4. The van der Waals surface area contributed by atoms with Gasteiger partial charge in [0.2, 0.25) is 5.79 Å². The molecule has 0 aromatic carbocycles. The molecule has 0 aliphatic carbocycles. The van der Waals surface area contributed by atoms with E-state index in [0.717, 1.165) is 0 Å². The molecule has 0 saturated carbocycles. The number of nitrogens with one attached hydrogen (secondary N) is 1. The lowest BCUT2D eigenvalue weighted by Gasteiger charge is -2.32. The number of carbonyl (C=O) groups excluding carboxylic acids is 2. The predicted molar refractivity (Wildman–Crippen MR) is 85.4 cm³/mol. The largest absolute Gasteiger partial charge is 0.465 e. The van der Waals surface area contributed by atoms with Gasteiger partial charge >= 0.3 is 11.9 Å². The van der Waals surface area contributed by atoms with Gasteiger partial charge in [0.05, 0.1) is 28.4 Å². The molecule has 8 heteroatoms. The Hall–Kier alpha value is -1.41. The summed E-state index contributed by atoms with van der Waals surface area (Å²) in [7, 11) is -1.47. The fraction of sp³-hybridized carbons (Fsp3) is 0.733. The summed E-state index contributed by atoms with van der Waals surface area (Å²) < 4.78 is 30.0. The van der Waals surface area contributed by atoms with Crippen molar-refractivity contribution in [2.45, 2.75) is 64.5 Å². The Balaban J connectivity index is 2.91. The highest BCUT2D eigenvalue weighted by molar-refractivity contribution is 7.84. The highest BCUT2D eigenvalue weighted by Crippen LogP contribution is 2.25. The van der Waals surface area contributed by atoms with Gasteiger partial charge in [-0.3, -0.25) is 4.79 Å². The van der Waals surface area contributed by atoms with Crippen molar-refractivity contribution in [1.29, 1.82) is 0 Å². The van der Waals surface area contributed by atoms with Crippen LogP contribution in [0.4, 0.5) is 0 Å². The van der Waals surface area contributed by atoms with E-state index in [4.69, 9.17) is 14.2 Å². The Morgan fingerprint density at radius 2 is 2.00 bits per heavy atom. The maximum absolute atomic E-state index is 12.3. The molecule has 132 valence electrons. The minimum atomic E-state index is -1.47. The smallest absolute Gasteiger partial charge is 0.337 e. The van der Waals surface area contributed by atoms with Gasteiger partial charge in [-0.15, -0.1) is 0 Å². The first-order valence-corrected chi connectivity index (χ1v) is 8.57. The van der Waals surface area contributed by atoms with Crippen molar-refractivity contribution >= 4 is 22.9 Å². The zero-order chi connectivity index (χ0) is 17.8. The van der Waals surface area contributed by atoms with Crippen molar-refractivity contribution < 1.29 is 28.0 Å². The molecule has 0 aromatic rings. The van der Waals surface area contributed by atoms with Crippen molar-refractivity contribution in [3.8, 4) is 0 Å². The monoisotopic (exact) mass is 347 g/mol. The second kappa shape index (κ2) is 7.44. The molecule has 7 nitrogen and oxygen atoms in total. The van der Waals surface area contributed by atoms with Gasteiger partial charge in [-0.25, -0.2) is 13.7 Å². The van der Waals surface area contributed by atoms with Gasteiger partial charge in [0.15, 0.2) is 0 Å². The minimum Gasteiger partial charge on any atom is -0.465 e. The quantitative estimate of drug-likeness (QED) is 0.733. The molecule has 0 amide bonds. The van der Waals surface area contributed by atoms with E-state index in [1.807, 2.05) is 0 Å². The van der Waals surface area contributed by atoms with Gasteiger partial charge in [-0.05, 0) is 27.7 Å². The molecule has 23 heavy (non-hydrogen) atoms. The summed E-state index contributed by atoms with van der Waals surface area (Å²) in [4.78, 5) is 23.7. The Morgan fingerprint density at radius 1 is 1.39 bits per heavy atom. The van der Waals surface area contributed by atoms with E-state index in [0.29, 0.717) is 0 Å². The fourth-order valence-corrected chi connectivity index (χ4v) is 2.58. The van der Waals surface area contributed by atoms with Crippen LogP contribution in [0.1, 0.15) is 48.0 Å². The molecule has 1 rings (SSSR count). The molecule has 1 aliphatic rings. The van der Waals surface area contributed by atoms with Crippen LogP contribution in [0.3, 0.4) is 0 Å². The lowest BCUT2D eigenvalue weighted by atomic mass is 10.1. The van der Waals surface area contributed by atoms with Gasteiger partial charge in [-0.2, -0.15) is 0 Å². The van der Waals surface area contributed by atoms with Crippen molar-refractivity contribution in [3.05, 3.63) is 11.8 Å². The van der Waals surface area contributed by atoms with Crippen LogP contribution < -0.4 is 4.72 Å². The van der Waals surface area contributed by atoms with Crippen LogP contribution in [0, 0.1) is 0 Å². The zero-order valence-electron chi connectivity index (χ0n) is 14.4. The lowest BCUT2D eigenvalue weighted by Crippen LogP contribution is -2.46. The van der Waals surface area contributed by atoms with Crippen LogP contribution in [-0.2, 0) is 34.8 Å². The van der Waals surface area contributed by atoms with E-state index >= 15 is 0 Å². The fourth-order valence-electron chi connectivity index (χ4n) is 1.79. The van der Waals surface area contributed by atoms with Crippen LogP contribution in [-0.4, -0.2) is 39.3 Å². The summed E-state index contributed by atoms with van der Waals surface area (Å²) in [5.74, 6) is -1.92. The third-order valence-electron chi connectivity index (χ3n) is 2.78. The molecule has 1 heterocycles. The number of hydrogen-bond acceptors (Lipinski definition) is 6. The Kier molecular flexibility index (Phi) is 6.35. The minimum absolute atomic E-state index is 0.0409. The van der Waals surface area contributed by atoms with E-state index < -0.39 is 39.5 Å². The van der Waals surface area contributed by atoms with Crippen LogP contribution in [0.2, 0.25) is 0 Å². The second-order valence-electron chi connectivity index (χ2n) is 6.54. The first-order chi connectivity index (χ1) is 10.4. The molecule has 1 aliphatic heterocycles. The molecule has 0 fully saturated rings. The van der Waals surface area contributed by atoms with E-state index in [1.165, 1.54) is 6.08 Å². The van der Waals surface area contributed by atoms with Gasteiger partial charge in [-0.1, -0.05) is 0 Å². The standard InChI is InChI=1S/C15H25NO6S/c1-7-20-13(18)11(16-23(19)14(2,3)4)8-10-9-12(17)22-15(5,6)21-10/h9,11,16H,7-8H2,1-6H3/t11-,23+/m0/s1. The average Bonchev–Trinajstić information content (AvgIpc) is 2.34. The van der Waals surface area contributed by atoms with Crippen molar-refractivity contribution in [3.63, 3.8) is 0 Å². The molecule has 0 radical (unpaired) electrons. The van der Waals surface area contributed by atoms with Crippen LogP contribution in [0.25, 0.3) is 0 Å². The van der Waals surface area contributed by atoms with E-state index in [1.54, 1.807) is 41.5 Å². The topological polar surface area (TPSA) is 90.9 Å². The molecule has 0 aromatic heterocycles. The van der Waals surface area contributed by atoms with E-state index in [9.17, 15) is 13.8 Å². The number of carbonyl (C=O) groups is 2. The van der Waals surface area contributed by atoms with Crippen LogP contribution >= 0.6 is 0 Å². The van der Waals surface area contributed by atoms with Gasteiger partial charge < -0.3 is 14.2 Å². The average molecular weight is 347 g/mol. The number of esters is 2. The van der Waals surface area contributed by atoms with Gasteiger partial charge in [0, 0.05) is 20.3 Å². The normalized spacial score (nSPS) is 19.9. The van der Waals surface area contributed by atoms with Crippen LogP contribution in [0.5, 0.6) is 0 Å². The first-order valence-electron chi connectivity index (χ1n) is 7.42. The predicted octanol–water partition coefficient (Wildman–Crippen LogP) is 1.55. The number of rotatable bonds is 6. The maximum atomic E-state index is 12.3. The molecular weight excluding hydrogens is 322 g/mol. The highest BCUT2D eigenvalue weighted by Gasteiger charge is 2.34. The van der Waals surface area contributed by atoms with E-state index in [2.05, 4.69) is 4.72 Å². The molecule has 0 bridgehead atoms. The van der Waals surface area contributed by atoms with Crippen molar-refractivity contribution in [1.82, 2.24) is 4.72 Å². The number of ether oxygens (including phenoxy) is 3. The molecular formula is C15H25NO6S. The molecule has 2 atom stereocenters. The summed E-state index contributed by atoms with van der Waals surface area (Å²) in [6.07, 6.45) is 1.22. The summed E-state index contributed by atoms with van der Waals surface area (Å²) in [5.41, 5.74) is 0. The van der Waals surface area contributed by atoms with Gasteiger partial charge in [0.25, 0.3) is 0 Å². The Morgan fingerprint density at radius 3 is 2.48 bits per heavy atom. The lowest BCUT2D eigenvalue weighted by molar-refractivity contribution is -0.206. The molecule has 0 unspecified atom stereocenters. The molecule has 0 saturated heterocycles. The Labute approximate surface area is 139 Å². The summed E-state index contributed by atoms with van der Waals surface area (Å²) >= 11 is 0. The second-order valence-corrected chi connectivity index (χ2v) is 8.54. The van der Waals surface area contributed by atoms with Crippen molar-refractivity contribution in [2.75, 3.05) is 6.61 Å². The van der Waals surface area contributed by atoms with Crippen molar-refractivity contribution in [2.24, 2.45) is 0 Å². The zero-order valence-corrected chi connectivity index (χ0v) is 15.2. The third kappa shape index (κ3) is 6.31. The molecule has 1 N–H and O–H groups in total. The number of hydrogen-bond donors (Lipinski definition) is 1. The highest BCUT2D eigenvalue weighted by atomic mass is 32.2. The van der Waals surface area contributed by atoms with Crippen LogP contribution in [0.15, 0.2) is 11.8 Å². The van der Waals surface area contributed by atoms with Gasteiger partial charge in [0.1, 0.15) is 11.8 Å². The SMILES string of the molecule is CCOC(=O)[C@H](CC1=CC(=O)OC(C)(C)O1)N[S@](=O)C(C)(C)C.